The van der Waals surface area contributed by atoms with Gasteiger partial charge >= 0.3 is 0 Å². The molecule has 3 nitrogen and oxygen atoms in total. The molecule has 92 valence electrons. The quantitative estimate of drug-likeness (QED) is 0.826. The number of carbonyl (C=O) groups is 2. The van der Waals surface area contributed by atoms with Gasteiger partial charge < -0.3 is 5.32 Å². The molecule has 18 heavy (non-hydrogen) atoms. The monoisotopic (exact) mass is 241 g/mol. The fourth-order valence-electron chi connectivity index (χ4n) is 1.90. The van der Waals surface area contributed by atoms with Gasteiger partial charge in [0.25, 0.3) is 5.91 Å². The van der Waals surface area contributed by atoms with E-state index in [1.54, 1.807) is 18.2 Å². The number of rotatable bonds is 3. The number of aldehydes is 1. The molecule has 0 spiro atoms. The van der Waals surface area contributed by atoms with Crippen molar-refractivity contribution in [2.75, 3.05) is 0 Å². The Morgan fingerprint density at radius 2 is 2.00 bits per heavy atom. The fraction of sp³-hybridized carbons (Fsp3) is 0.200. The highest BCUT2D eigenvalue weighted by atomic mass is 16.1. The summed E-state index contributed by atoms with van der Waals surface area (Å²) < 4.78 is 0. The first kappa shape index (κ1) is 12.3. The summed E-state index contributed by atoms with van der Waals surface area (Å²) in [5, 5.41) is 2.88. The summed E-state index contributed by atoms with van der Waals surface area (Å²) >= 11 is 0. The molecule has 0 atom stereocenters. The van der Waals surface area contributed by atoms with Crippen LogP contribution in [0.2, 0.25) is 0 Å². The maximum Gasteiger partial charge on any atom is 0.255 e. The van der Waals surface area contributed by atoms with E-state index in [2.05, 4.69) is 5.32 Å². The van der Waals surface area contributed by atoms with Crippen molar-refractivity contribution in [1.82, 2.24) is 5.32 Å². The maximum absolute atomic E-state index is 12.0. The average Bonchev–Trinajstić information content (AvgIpc) is 2.40. The van der Waals surface area contributed by atoms with Crippen molar-refractivity contribution in [3.63, 3.8) is 0 Å². The summed E-state index contributed by atoms with van der Waals surface area (Å²) in [6.45, 7) is 1.91. The average molecular weight is 241 g/mol. The van der Waals surface area contributed by atoms with Crippen LogP contribution in [0.3, 0.4) is 0 Å². The van der Waals surface area contributed by atoms with E-state index in [1.165, 1.54) is 0 Å². The van der Waals surface area contributed by atoms with Gasteiger partial charge in [-0.1, -0.05) is 24.3 Å². The molecule has 0 unspecified atom stereocenters. The third kappa shape index (κ3) is 2.74. The Bertz CT molecular complexity index is 541. The standard InChI is InChI=1S/C15H15NO2/c1-11-4-2-3-5-14(11)15(18)16-13-8-6-12(10-17)7-9-13/h2-6,8,10H,7,9H2,1H3,(H,16,18). The van der Waals surface area contributed by atoms with E-state index in [4.69, 9.17) is 0 Å². The van der Waals surface area contributed by atoms with Crippen molar-refractivity contribution in [2.45, 2.75) is 19.8 Å². The Morgan fingerprint density at radius 3 is 2.61 bits per heavy atom. The molecular formula is C15H15NO2. The second kappa shape index (κ2) is 5.45. The highest BCUT2D eigenvalue weighted by molar-refractivity contribution is 5.96. The van der Waals surface area contributed by atoms with E-state index < -0.39 is 0 Å². The molecule has 0 saturated carbocycles. The molecule has 3 heteroatoms. The van der Waals surface area contributed by atoms with Crippen molar-refractivity contribution in [3.8, 4) is 0 Å². The number of hydrogen-bond acceptors (Lipinski definition) is 2. The van der Waals surface area contributed by atoms with Crippen LogP contribution in [0, 0.1) is 6.92 Å². The van der Waals surface area contributed by atoms with E-state index >= 15 is 0 Å². The summed E-state index contributed by atoms with van der Waals surface area (Å²) in [5.74, 6) is -0.0951. The molecule has 0 aromatic heterocycles. The van der Waals surface area contributed by atoms with Crippen LogP contribution in [-0.4, -0.2) is 12.2 Å². The number of carbonyl (C=O) groups excluding carboxylic acids is 2. The number of hydrogen-bond donors (Lipinski definition) is 1. The van der Waals surface area contributed by atoms with Crippen LogP contribution in [0.5, 0.6) is 0 Å². The van der Waals surface area contributed by atoms with Gasteiger partial charge in [-0.25, -0.2) is 0 Å². The zero-order valence-corrected chi connectivity index (χ0v) is 10.3. The molecule has 0 saturated heterocycles. The van der Waals surface area contributed by atoms with E-state index in [1.807, 2.05) is 25.1 Å². The third-order valence-electron chi connectivity index (χ3n) is 3.00. The molecule has 2 rings (SSSR count). The van der Waals surface area contributed by atoms with Gasteiger partial charge in [-0.2, -0.15) is 0 Å². The first-order valence-electron chi connectivity index (χ1n) is 5.92. The number of nitrogens with one attached hydrogen (secondary N) is 1. The van der Waals surface area contributed by atoms with Crippen molar-refractivity contribution in [2.24, 2.45) is 0 Å². The first-order valence-corrected chi connectivity index (χ1v) is 5.92. The van der Waals surface area contributed by atoms with Crippen LogP contribution in [0.1, 0.15) is 28.8 Å². The van der Waals surface area contributed by atoms with Crippen molar-refractivity contribution < 1.29 is 9.59 Å². The predicted octanol–water partition coefficient (Wildman–Crippen LogP) is 2.53. The predicted molar refractivity (Wildman–Crippen MR) is 70.1 cm³/mol. The lowest BCUT2D eigenvalue weighted by atomic mass is 10.0. The van der Waals surface area contributed by atoms with Gasteiger partial charge in [-0.15, -0.1) is 0 Å². The second-order valence-electron chi connectivity index (χ2n) is 4.32. The normalized spacial score (nSPS) is 14.5. The summed E-state index contributed by atoms with van der Waals surface area (Å²) in [6, 6.07) is 7.47. The zero-order valence-electron chi connectivity index (χ0n) is 10.3. The summed E-state index contributed by atoms with van der Waals surface area (Å²) in [7, 11) is 0. The van der Waals surface area contributed by atoms with Crippen LogP contribution in [0.25, 0.3) is 0 Å². The Labute approximate surface area is 106 Å². The minimum absolute atomic E-state index is 0.0951. The summed E-state index contributed by atoms with van der Waals surface area (Å²) in [5.41, 5.74) is 3.26. The Morgan fingerprint density at radius 1 is 1.22 bits per heavy atom. The molecule has 1 amide bonds. The van der Waals surface area contributed by atoms with Crippen LogP contribution < -0.4 is 5.32 Å². The Kier molecular flexibility index (Phi) is 3.72. The highest BCUT2D eigenvalue weighted by Gasteiger charge is 2.11. The lowest BCUT2D eigenvalue weighted by Gasteiger charge is -2.13. The lowest BCUT2D eigenvalue weighted by Crippen LogP contribution is -2.24. The summed E-state index contributed by atoms with van der Waals surface area (Å²) in [6.07, 6.45) is 5.79. The lowest BCUT2D eigenvalue weighted by molar-refractivity contribution is -0.105. The number of allylic oxidation sites excluding steroid dienone is 4. The smallest absolute Gasteiger partial charge is 0.255 e. The number of amides is 1. The van der Waals surface area contributed by atoms with Gasteiger partial charge in [0.15, 0.2) is 0 Å². The second-order valence-corrected chi connectivity index (χ2v) is 4.32. The molecule has 1 aromatic carbocycles. The zero-order chi connectivity index (χ0) is 13.0. The minimum atomic E-state index is -0.0951. The van der Waals surface area contributed by atoms with E-state index in [0.29, 0.717) is 18.4 Å². The van der Waals surface area contributed by atoms with Crippen molar-refractivity contribution >= 4 is 12.2 Å². The molecule has 0 heterocycles. The van der Waals surface area contributed by atoms with Gasteiger partial charge in [-0.05, 0) is 43.0 Å². The molecule has 0 radical (unpaired) electrons. The first-order chi connectivity index (χ1) is 8.70. The van der Waals surface area contributed by atoms with Gasteiger partial charge in [0.1, 0.15) is 6.29 Å². The van der Waals surface area contributed by atoms with Gasteiger partial charge in [-0.3, -0.25) is 9.59 Å². The molecule has 1 N–H and O–H groups in total. The molecular weight excluding hydrogens is 226 g/mol. The van der Waals surface area contributed by atoms with E-state index in [0.717, 1.165) is 23.1 Å². The van der Waals surface area contributed by atoms with Crippen molar-refractivity contribution in [1.29, 1.82) is 0 Å². The largest absolute Gasteiger partial charge is 0.326 e. The number of aryl methyl sites for hydroxylation is 1. The highest BCUT2D eigenvalue weighted by Crippen LogP contribution is 2.16. The van der Waals surface area contributed by atoms with Crippen LogP contribution in [-0.2, 0) is 4.79 Å². The minimum Gasteiger partial charge on any atom is -0.326 e. The van der Waals surface area contributed by atoms with Gasteiger partial charge in [0.05, 0.1) is 0 Å². The topological polar surface area (TPSA) is 46.2 Å². The van der Waals surface area contributed by atoms with E-state index in [9.17, 15) is 9.59 Å². The fourth-order valence-corrected chi connectivity index (χ4v) is 1.90. The molecule has 1 aliphatic rings. The number of benzene rings is 1. The third-order valence-corrected chi connectivity index (χ3v) is 3.00. The van der Waals surface area contributed by atoms with Gasteiger partial charge in [0.2, 0.25) is 0 Å². The molecule has 1 aromatic rings. The van der Waals surface area contributed by atoms with Gasteiger partial charge in [0, 0.05) is 11.3 Å². The SMILES string of the molecule is Cc1ccccc1C(=O)NC1=CC=C(C=O)CC1. The Balaban J connectivity index is 2.10. The van der Waals surface area contributed by atoms with E-state index in [-0.39, 0.29) is 5.91 Å². The Hall–Kier alpha value is -2.16. The van der Waals surface area contributed by atoms with Crippen molar-refractivity contribution in [3.05, 3.63) is 58.8 Å². The molecule has 0 fully saturated rings. The van der Waals surface area contributed by atoms with Crippen LogP contribution in [0.15, 0.2) is 47.7 Å². The molecule has 1 aliphatic carbocycles. The maximum atomic E-state index is 12.0. The molecule has 0 aliphatic heterocycles. The van der Waals surface area contributed by atoms with Crippen LogP contribution >= 0.6 is 0 Å². The van der Waals surface area contributed by atoms with Crippen LogP contribution in [0.4, 0.5) is 0 Å². The summed E-state index contributed by atoms with van der Waals surface area (Å²) in [4.78, 5) is 22.6. The molecule has 0 bridgehead atoms.